The smallest absolute Gasteiger partial charge is 0.242 e. The van der Waals surface area contributed by atoms with Crippen molar-refractivity contribution in [1.29, 1.82) is 0 Å². The van der Waals surface area contributed by atoms with Crippen molar-refractivity contribution in [3.05, 3.63) is 59.1 Å². The highest BCUT2D eigenvalue weighted by Crippen LogP contribution is 2.20. The average molecular weight is 353 g/mol. The van der Waals surface area contributed by atoms with Gasteiger partial charge in [0.2, 0.25) is 15.9 Å². The number of rotatable bonds is 6. The Balaban J connectivity index is 1.89. The average Bonchev–Trinajstić information content (AvgIpc) is 2.47. The number of nitrogens with one attached hydrogen (secondary N) is 2. The van der Waals surface area contributed by atoms with E-state index in [2.05, 4.69) is 10.0 Å². The Morgan fingerprint density at radius 1 is 1.13 bits per heavy atom. The van der Waals surface area contributed by atoms with E-state index in [0.29, 0.717) is 5.69 Å². The van der Waals surface area contributed by atoms with Gasteiger partial charge in [-0.2, -0.15) is 0 Å². The molecule has 7 heteroatoms. The van der Waals surface area contributed by atoms with Crippen LogP contribution in [0.15, 0.2) is 53.4 Å². The molecule has 23 heavy (non-hydrogen) atoms. The minimum absolute atomic E-state index is 0.000703. The topological polar surface area (TPSA) is 75.3 Å². The van der Waals surface area contributed by atoms with E-state index in [1.807, 2.05) is 25.1 Å². The fourth-order valence-corrected chi connectivity index (χ4v) is 3.53. The molecule has 0 aromatic heterocycles. The maximum absolute atomic E-state index is 12.1. The third-order valence-electron chi connectivity index (χ3n) is 3.07. The maximum Gasteiger partial charge on any atom is 0.242 e. The first-order valence-corrected chi connectivity index (χ1v) is 8.85. The van der Waals surface area contributed by atoms with Crippen molar-refractivity contribution in [3.8, 4) is 0 Å². The maximum atomic E-state index is 12.1. The Kier molecular flexibility index (Phi) is 5.76. The summed E-state index contributed by atoms with van der Waals surface area (Å²) in [4.78, 5) is 11.8. The molecule has 0 aliphatic carbocycles. The molecule has 2 aromatic carbocycles. The van der Waals surface area contributed by atoms with Gasteiger partial charge in [-0.15, -0.1) is 0 Å². The molecule has 0 fully saturated rings. The summed E-state index contributed by atoms with van der Waals surface area (Å²) in [6.45, 7) is 1.92. The normalized spacial score (nSPS) is 11.2. The molecule has 0 aliphatic rings. The van der Waals surface area contributed by atoms with E-state index in [1.54, 1.807) is 18.2 Å². The molecule has 5 nitrogen and oxygen atoms in total. The fraction of sp³-hybridized carbons (Fsp3) is 0.188. The summed E-state index contributed by atoms with van der Waals surface area (Å²) in [5.74, 6) is -0.266. The molecule has 0 aliphatic heterocycles. The Morgan fingerprint density at radius 3 is 2.57 bits per heavy atom. The van der Waals surface area contributed by atoms with Gasteiger partial charge in [0.25, 0.3) is 0 Å². The summed E-state index contributed by atoms with van der Waals surface area (Å²) >= 11 is 5.87. The molecule has 122 valence electrons. The van der Waals surface area contributed by atoms with Crippen molar-refractivity contribution >= 4 is 33.2 Å². The van der Waals surface area contributed by atoms with E-state index in [4.69, 9.17) is 11.6 Å². The van der Waals surface area contributed by atoms with Crippen LogP contribution in [0.25, 0.3) is 0 Å². The summed E-state index contributed by atoms with van der Waals surface area (Å²) in [6, 6.07) is 13.5. The zero-order valence-electron chi connectivity index (χ0n) is 12.5. The highest BCUT2D eigenvalue weighted by atomic mass is 35.5. The van der Waals surface area contributed by atoms with Crippen molar-refractivity contribution in [3.63, 3.8) is 0 Å². The molecule has 2 rings (SSSR count). The lowest BCUT2D eigenvalue weighted by Crippen LogP contribution is -2.28. The summed E-state index contributed by atoms with van der Waals surface area (Å²) in [6.07, 6.45) is 0.0254. The standard InChI is InChI=1S/C16H17ClN2O3S/c1-12-5-4-6-13(11-12)19-16(20)9-10-18-23(21,22)15-8-3-2-7-14(15)17/h2-8,11,18H,9-10H2,1H3,(H,19,20). The fourth-order valence-electron chi connectivity index (χ4n) is 1.99. The number of amides is 1. The van der Waals surface area contributed by atoms with Gasteiger partial charge in [-0.1, -0.05) is 35.9 Å². The monoisotopic (exact) mass is 352 g/mol. The molecule has 0 atom stereocenters. The highest BCUT2D eigenvalue weighted by Gasteiger charge is 2.17. The number of hydrogen-bond donors (Lipinski definition) is 2. The lowest BCUT2D eigenvalue weighted by atomic mass is 10.2. The van der Waals surface area contributed by atoms with Crippen LogP contribution in [-0.4, -0.2) is 20.9 Å². The number of sulfonamides is 1. The van der Waals surface area contributed by atoms with Crippen LogP contribution in [0.1, 0.15) is 12.0 Å². The second kappa shape index (κ2) is 7.59. The number of benzene rings is 2. The third kappa shape index (κ3) is 5.06. The summed E-state index contributed by atoms with van der Waals surface area (Å²) in [7, 11) is -3.73. The third-order valence-corrected chi connectivity index (χ3v) is 5.03. The molecule has 0 bridgehead atoms. The largest absolute Gasteiger partial charge is 0.326 e. The molecule has 2 aromatic rings. The number of hydrogen-bond acceptors (Lipinski definition) is 3. The number of carbonyl (C=O) groups is 1. The Hall–Kier alpha value is -1.89. The first-order chi connectivity index (χ1) is 10.9. The minimum atomic E-state index is -3.73. The van der Waals surface area contributed by atoms with Crippen LogP contribution in [0, 0.1) is 6.92 Å². The van der Waals surface area contributed by atoms with Crippen molar-refractivity contribution in [2.45, 2.75) is 18.2 Å². The van der Waals surface area contributed by atoms with Gasteiger partial charge in [0.1, 0.15) is 4.90 Å². The Bertz CT molecular complexity index is 806. The van der Waals surface area contributed by atoms with Crippen LogP contribution in [0.2, 0.25) is 5.02 Å². The molecule has 0 saturated carbocycles. The zero-order chi connectivity index (χ0) is 16.9. The highest BCUT2D eigenvalue weighted by molar-refractivity contribution is 7.89. The molecule has 0 saturated heterocycles. The molecule has 0 spiro atoms. The van der Waals surface area contributed by atoms with Crippen LogP contribution in [0.5, 0.6) is 0 Å². The van der Waals surface area contributed by atoms with E-state index in [9.17, 15) is 13.2 Å². The van der Waals surface area contributed by atoms with Gasteiger partial charge in [-0.3, -0.25) is 4.79 Å². The first-order valence-electron chi connectivity index (χ1n) is 6.99. The summed E-state index contributed by atoms with van der Waals surface area (Å²) < 4.78 is 26.6. The molecular weight excluding hydrogens is 336 g/mol. The van der Waals surface area contributed by atoms with E-state index in [0.717, 1.165) is 5.56 Å². The molecule has 0 heterocycles. The van der Waals surface area contributed by atoms with Crippen molar-refractivity contribution < 1.29 is 13.2 Å². The van der Waals surface area contributed by atoms with E-state index >= 15 is 0 Å². The lowest BCUT2D eigenvalue weighted by molar-refractivity contribution is -0.116. The van der Waals surface area contributed by atoms with Gasteiger partial charge in [-0.05, 0) is 36.8 Å². The van der Waals surface area contributed by atoms with Gasteiger partial charge in [0.15, 0.2) is 0 Å². The molecule has 0 radical (unpaired) electrons. The molecule has 1 amide bonds. The van der Waals surface area contributed by atoms with Gasteiger partial charge >= 0.3 is 0 Å². The molecular formula is C16H17ClN2O3S. The SMILES string of the molecule is Cc1cccc(NC(=O)CCNS(=O)(=O)c2ccccc2Cl)c1. The van der Waals surface area contributed by atoms with E-state index in [1.165, 1.54) is 12.1 Å². The predicted octanol–water partition coefficient (Wildman–Crippen LogP) is 2.96. The number of aryl methyl sites for hydroxylation is 1. The van der Waals surface area contributed by atoms with Gasteiger partial charge in [0, 0.05) is 18.7 Å². The summed E-state index contributed by atoms with van der Waals surface area (Å²) in [5, 5.41) is 2.86. The van der Waals surface area contributed by atoms with Crippen LogP contribution in [-0.2, 0) is 14.8 Å². The Labute approximate surface area is 140 Å². The quantitative estimate of drug-likeness (QED) is 0.839. The number of anilines is 1. The Morgan fingerprint density at radius 2 is 1.87 bits per heavy atom. The van der Waals surface area contributed by atoms with Gasteiger partial charge in [0.05, 0.1) is 5.02 Å². The summed E-state index contributed by atoms with van der Waals surface area (Å²) in [5.41, 5.74) is 1.71. The minimum Gasteiger partial charge on any atom is -0.326 e. The second-order valence-electron chi connectivity index (χ2n) is 5.00. The molecule has 0 unspecified atom stereocenters. The van der Waals surface area contributed by atoms with E-state index < -0.39 is 10.0 Å². The lowest BCUT2D eigenvalue weighted by Gasteiger charge is -2.09. The van der Waals surface area contributed by atoms with Crippen LogP contribution >= 0.6 is 11.6 Å². The van der Waals surface area contributed by atoms with Crippen molar-refractivity contribution in [1.82, 2.24) is 4.72 Å². The van der Waals surface area contributed by atoms with Crippen LogP contribution < -0.4 is 10.0 Å². The van der Waals surface area contributed by atoms with Crippen molar-refractivity contribution in [2.24, 2.45) is 0 Å². The first kappa shape index (κ1) is 17.5. The number of halogens is 1. The molecule has 2 N–H and O–H groups in total. The van der Waals surface area contributed by atoms with Gasteiger partial charge in [-0.25, -0.2) is 13.1 Å². The zero-order valence-corrected chi connectivity index (χ0v) is 14.1. The predicted molar refractivity (Wildman–Crippen MR) is 91.1 cm³/mol. The second-order valence-corrected chi connectivity index (χ2v) is 7.14. The number of carbonyl (C=O) groups excluding carboxylic acids is 1. The van der Waals surface area contributed by atoms with Crippen LogP contribution in [0.3, 0.4) is 0 Å². The van der Waals surface area contributed by atoms with E-state index in [-0.39, 0.29) is 28.8 Å². The van der Waals surface area contributed by atoms with Crippen molar-refractivity contribution in [2.75, 3.05) is 11.9 Å². The van der Waals surface area contributed by atoms with Crippen LogP contribution in [0.4, 0.5) is 5.69 Å². The van der Waals surface area contributed by atoms with Gasteiger partial charge < -0.3 is 5.32 Å².